The summed E-state index contributed by atoms with van der Waals surface area (Å²) in [6.45, 7) is 8.08. The Morgan fingerprint density at radius 3 is 2.59 bits per heavy atom. The van der Waals surface area contributed by atoms with E-state index in [1.165, 1.54) is 6.20 Å². The molecule has 0 unspecified atom stereocenters. The quantitative estimate of drug-likeness (QED) is 0.753. The Labute approximate surface area is 101 Å². The molecule has 1 heterocycles. The number of nitrogens with one attached hydrogen (secondary N) is 1. The number of pyridine rings is 1. The molecule has 1 aromatic heterocycles. The van der Waals surface area contributed by atoms with Gasteiger partial charge in [-0.15, -0.1) is 0 Å². The minimum atomic E-state index is -0.952. The van der Waals surface area contributed by atoms with E-state index >= 15 is 0 Å². The zero-order valence-corrected chi connectivity index (χ0v) is 10.3. The van der Waals surface area contributed by atoms with Crippen LogP contribution in [0.5, 0.6) is 0 Å². The van der Waals surface area contributed by atoms with Gasteiger partial charge in [0, 0.05) is 19.3 Å². The van der Waals surface area contributed by atoms with Crippen LogP contribution in [0.1, 0.15) is 24.2 Å². The number of carboxylic acids is 1. The third kappa shape index (κ3) is 4.40. The molecule has 0 aliphatic carbocycles. The molecule has 0 aliphatic heterocycles. The number of likely N-dealkylation sites (N-methyl/N-ethyl adjacent to an activating group) is 1. The molecule has 94 valence electrons. The number of hydrogen-bond donors (Lipinski definition) is 2. The largest absolute Gasteiger partial charge is 0.478 e. The van der Waals surface area contributed by atoms with Crippen LogP contribution in [0.25, 0.3) is 0 Å². The van der Waals surface area contributed by atoms with Crippen LogP contribution in [0.15, 0.2) is 18.3 Å². The first-order valence-electron chi connectivity index (χ1n) is 5.83. The SMILES string of the molecule is CCN(CC)CCNc1ccc(C(=O)O)cn1. The predicted octanol–water partition coefficient (Wildman–Crippen LogP) is 1.53. The van der Waals surface area contributed by atoms with Gasteiger partial charge >= 0.3 is 5.97 Å². The van der Waals surface area contributed by atoms with Gasteiger partial charge in [0.15, 0.2) is 0 Å². The van der Waals surface area contributed by atoms with Crippen molar-refractivity contribution in [2.75, 3.05) is 31.5 Å². The summed E-state index contributed by atoms with van der Waals surface area (Å²) >= 11 is 0. The standard InChI is InChI=1S/C12H19N3O2/c1-3-15(4-2)8-7-13-11-6-5-10(9-14-11)12(16)17/h5-6,9H,3-4,7-8H2,1-2H3,(H,13,14)(H,16,17). The van der Waals surface area contributed by atoms with Crippen LogP contribution in [0.2, 0.25) is 0 Å². The molecule has 0 saturated carbocycles. The van der Waals surface area contributed by atoms with Crippen molar-refractivity contribution in [2.45, 2.75) is 13.8 Å². The number of carboxylic acid groups (broad SMARTS) is 1. The molecule has 0 radical (unpaired) electrons. The van der Waals surface area contributed by atoms with E-state index in [1.807, 2.05) is 0 Å². The van der Waals surface area contributed by atoms with Gasteiger partial charge in [-0.05, 0) is 25.2 Å². The molecule has 0 aliphatic rings. The first-order valence-corrected chi connectivity index (χ1v) is 5.83. The lowest BCUT2D eigenvalue weighted by Crippen LogP contribution is -2.28. The van der Waals surface area contributed by atoms with Crippen molar-refractivity contribution in [1.29, 1.82) is 0 Å². The lowest BCUT2D eigenvalue weighted by molar-refractivity contribution is 0.0696. The molecule has 0 aromatic carbocycles. The van der Waals surface area contributed by atoms with Crippen molar-refractivity contribution >= 4 is 11.8 Å². The van der Waals surface area contributed by atoms with Crippen LogP contribution in [-0.4, -0.2) is 47.1 Å². The van der Waals surface area contributed by atoms with E-state index in [0.29, 0.717) is 5.82 Å². The predicted molar refractivity (Wildman–Crippen MR) is 67.5 cm³/mol. The smallest absolute Gasteiger partial charge is 0.337 e. The van der Waals surface area contributed by atoms with Crippen LogP contribution in [0, 0.1) is 0 Å². The fourth-order valence-corrected chi connectivity index (χ4v) is 1.51. The third-order valence-electron chi connectivity index (χ3n) is 2.64. The maximum Gasteiger partial charge on any atom is 0.337 e. The first kappa shape index (κ1) is 13.4. The Bertz CT molecular complexity index is 347. The fourth-order valence-electron chi connectivity index (χ4n) is 1.51. The van der Waals surface area contributed by atoms with Crippen molar-refractivity contribution in [1.82, 2.24) is 9.88 Å². The molecule has 1 aromatic rings. The summed E-state index contributed by atoms with van der Waals surface area (Å²) in [5, 5.41) is 11.9. The minimum absolute atomic E-state index is 0.208. The summed E-state index contributed by atoms with van der Waals surface area (Å²) in [5.74, 6) is -0.241. The van der Waals surface area contributed by atoms with Gasteiger partial charge in [-0.1, -0.05) is 13.8 Å². The summed E-state index contributed by atoms with van der Waals surface area (Å²) < 4.78 is 0. The van der Waals surface area contributed by atoms with Gasteiger partial charge in [0.2, 0.25) is 0 Å². The van der Waals surface area contributed by atoms with E-state index in [0.717, 1.165) is 26.2 Å². The van der Waals surface area contributed by atoms with Gasteiger partial charge < -0.3 is 15.3 Å². The van der Waals surface area contributed by atoms with Crippen molar-refractivity contribution in [3.05, 3.63) is 23.9 Å². The fraction of sp³-hybridized carbons (Fsp3) is 0.500. The average Bonchev–Trinajstić information content (AvgIpc) is 2.35. The Hall–Kier alpha value is -1.62. The minimum Gasteiger partial charge on any atom is -0.478 e. The second-order valence-electron chi connectivity index (χ2n) is 3.69. The molecule has 0 amide bonds. The molecule has 5 heteroatoms. The second kappa shape index (κ2) is 6.85. The summed E-state index contributed by atoms with van der Waals surface area (Å²) in [4.78, 5) is 17.0. The Balaban J connectivity index is 2.39. The highest BCUT2D eigenvalue weighted by Gasteiger charge is 2.03. The molecule has 1 rings (SSSR count). The Morgan fingerprint density at radius 2 is 2.12 bits per heavy atom. The second-order valence-corrected chi connectivity index (χ2v) is 3.69. The number of hydrogen-bond acceptors (Lipinski definition) is 4. The molecular formula is C12H19N3O2. The lowest BCUT2D eigenvalue weighted by Gasteiger charge is -2.18. The molecule has 0 saturated heterocycles. The number of nitrogens with zero attached hydrogens (tertiary/aromatic N) is 2. The summed E-state index contributed by atoms with van der Waals surface area (Å²) in [5.41, 5.74) is 0.208. The van der Waals surface area contributed by atoms with Gasteiger partial charge in [-0.2, -0.15) is 0 Å². The van der Waals surface area contributed by atoms with Crippen molar-refractivity contribution in [3.63, 3.8) is 0 Å². The van der Waals surface area contributed by atoms with Crippen LogP contribution in [-0.2, 0) is 0 Å². The van der Waals surface area contributed by atoms with Crippen LogP contribution in [0.3, 0.4) is 0 Å². The highest BCUT2D eigenvalue weighted by molar-refractivity contribution is 5.87. The maximum absolute atomic E-state index is 10.6. The number of anilines is 1. The summed E-state index contributed by atoms with van der Waals surface area (Å²) in [6, 6.07) is 3.24. The molecule has 0 atom stereocenters. The number of aromatic nitrogens is 1. The van der Waals surface area contributed by atoms with Gasteiger partial charge in [-0.25, -0.2) is 9.78 Å². The highest BCUT2D eigenvalue weighted by Crippen LogP contribution is 2.04. The molecular weight excluding hydrogens is 218 g/mol. The Morgan fingerprint density at radius 1 is 1.41 bits per heavy atom. The highest BCUT2D eigenvalue weighted by atomic mass is 16.4. The van der Waals surface area contributed by atoms with Crippen LogP contribution >= 0.6 is 0 Å². The zero-order valence-electron chi connectivity index (χ0n) is 10.3. The lowest BCUT2D eigenvalue weighted by atomic mass is 10.3. The Kier molecular flexibility index (Phi) is 5.42. The van der Waals surface area contributed by atoms with Gasteiger partial charge in [0.05, 0.1) is 5.56 Å². The van der Waals surface area contributed by atoms with Gasteiger partial charge in [0.25, 0.3) is 0 Å². The normalized spacial score (nSPS) is 10.5. The maximum atomic E-state index is 10.6. The van der Waals surface area contributed by atoms with E-state index in [2.05, 4.69) is 29.0 Å². The van der Waals surface area contributed by atoms with E-state index < -0.39 is 5.97 Å². The van der Waals surface area contributed by atoms with E-state index in [4.69, 9.17) is 5.11 Å². The first-order chi connectivity index (χ1) is 8.17. The van der Waals surface area contributed by atoms with Crippen molar-refractivity contribution < 1.29 is 9.90 Å². The molecule has 0 bridgehead atoms. The zero-order chi connectivity index (χ0) is 12.7. The molecule has 17 heavy (non-hydrogen) atoms. The number of carbonyl (C=O) groups is 1. The summed E-state index contributed by atoms with van der Waals surface area (Å²) in [6.07, 6.45) is 1.36. The van der Waals surface area contributed by atoms with Crippen LogP contribution in [0.4, 0.5) is 5.82 Å². The van der Waals surface area contributed by atoms with Crippen molar-refractivity contribution in [2.24, 2.45) is 0 Å². The van der Waals surface area contributed by atoms with E-state index in [1.54, 1.807) is 12.1 Å². The van der Waals surface area contributed by atoms with E-state index in [-0.39, 0.29) is 5.56 Å². The van der Waals surface area contributed by atoms with Gasteiger partial charge in [0.1, 0.15) is 5.82 Å². The number of rotatable bonds is 7. The third-order valence-corrected chi connectivity index (χ3v) is 2.64. The monoisotopic (exact) mass is 237 g/mol. The molecule has 5 nitrogen and oxygen atoms in total. The average molecular weight is 237 g/mol. The van der Waals surface area contributed by atoms with Gasteiger partial charge in [-0.3, -0.25) is 0 Å². The number of aromatic carboxylic acids is 1. The van der Waals surface area contributed by atoms with Crippen molar-refractivity contribution in [3.8, 4) is 0 Å². The molecule has 0 fully saturated rings. The van der Waals surface area contributed by atoms with Crippen LogP contribution < -0.4 is 5.32 Å². The molecule has 2 N–H and O–H groups in total. The molecule has 0 spiro atoms. The topological polar surface area (TPSA) is 65.5 Å². The summed E-state index contributed by atoms with van der Waals surface area (Å²) in [7, 11) is 0. The van der Waals surface area contributed by atoms with E-state index in [9.17, 15) is 4.79 Å².